The van der Waals surface area contributed by atoms with Gasteiger partial charge in [0.1, 0.15) is 0 Å². The molecule has 0 amide bonds. The van der Waals surface area contributed by atoms with Gasteiger partial charge in [0.15, 0.2) is 0 Å². The molecule has 1 aromatic carbocycles. The third kappa shape index (κ3) is 1.80. The molecule has 1 fully saturated rings. The van der Waals surface area contributed by atoms with Crippen molar-refractivity contribution >= 4 is 0 Å². The smallest absolute Gasteiger partial charge is 0.0364 e. The SMILES string of the molecule is Cc1ccc(C(N)C2(CN)CCC2)cc1. The van der Waals surface area contributed by atoms with Crippen molar-refractivity contribution in [3.8, 4) is 0 Å². The van der Waals surface area contributed by atoms with Crippen LogP contribution in [-0.2, 0) is 0 Å². The number of aryl methyl sites for hydroxylation is 1. The second-order valence-corrected chi connectivity index (χ2v) is 4.81. The van der Waals surface area contributed by atoms with Gasteiger partial charge in [-0.3, -0.25) is 0 Å². The van der Waals surface area contributed by atoms with Crippen LogP contribution in [0, 0.1) is 12.3 Å². The Balaban J connectivity index is 2.19. The fraction of sp³-hybridized carbons (Fsp3) is 0.538. The van der Waals surface area contributed by atoms with E-state index >= 15 is 0 Å². The summed E-state index contributed by atoms with van der Waals surface area (Å²) in [5, 5.41) is 0. The van der Waals surface area contributed by atoms with E-state index in [9.17, 15) is 0 Å². The van der Waals surface area contributed by atoms with Gasteiger partial charge in [-0.1, -0.05) is 36.2 Å². The molecule has 0 radical (unpaired) electrons. The third-order valence-corrected chi connectivity index (χ3v) is 3.85. The van der Waals surface area contributed by atoms with Crippen LogP contribution in [0.1, 0.15) is 36.4 Å². The van der Waals surface area contributed by atoms with Crippen LogP contribution in [0.15, 0.2) is 24.3 Å². The van der Waals surface area contributed by atoms with Crippen molar-refractivity contribution in [3.63, 3.8) is 0 Å². The normalized spacial score (nSPS) is 20.7. The summed E-state index contributed by atoms with van der Waals surface area (Å²) in [5.74, 6) is 0. The monoisotopic (exact) mass is 204 g/mol. The highest BCUT2D eigenvalue weighted by Crippen LogP contribution is 2.48. The van der Waals surface area contributed by atoms with Gasteiger partial charge < -0.3 is 11.5 Å². The second kappa shape index (κ2) is 3.95. The topological polar surface area (TPSA) is 52.0 Å². The van der Waals surface area contributed by atoms with Crippen molar-refractivity contribution in [1.82, 2.24) is 0 Å². The highest BCUT2D eigenvalue weighted by atomic mass is 14.8. The minimum atomic E-state index is 0.108. The van der Waals surface area contributed by atoms with Gasteiger partial charge >= 0.3 is 0 Å². The summed E-state index contributed by atoms with van der Waals surface area (Å²) >= 11 is 0. The van der Waals surface area contributed by atoms with Crippen LogP contribution in [0.25, 0.3) is 0 Å². The van der Waals surface area contributed by atoms with Crippen molar-refractivity contribution in [3.05, 3.63) is 35.4 Å². The first-order valence-electron chi connectivity index (χ1n) is 5.70. The van der Waals surface area contributed by atoms with Crippen LogP contribution in [-0.4, -0.2) is 6.54 Å². The van der Waals surface area contributed by atoms with Crippen LogP contribution in [0.3, 0.4) is 0 Å². The molecule has 2 rings (SSSR count). The maximum Gasteiger partial charge on any atom is 0.0364 e. The van der Waals surface area contributed by atoms with E-state index in [1.165, 1.54) is 30.4 Å². The molecule has 1 aromatic rings. The molecule has 4 N–H and O–H groups in total. The lowest BCUT2D eigenvalue weighted by Gasteiger charge is -2.45. The molecule has 82 valence electrons. The molecule has 1 unspecified atom stereocenters. The Hall–Kier alpha value is -0.860. The molecular weight excluding hydrogens is 184 g/mol. The van der Waals surface area contributed by atoms with E-state index < -0.39 is 0 Å². The summed E-state index contributed by atoms with van der Waals surface area (Å²) in [5.41, 5.74) is 14.9. The van der Waals surface area contributed by atoms with Gasteiger partial charge in [0, 0.05) is 11.5 Å². The van der Waals surface area contributed by atoms with Gasteiger partial charge in [-0.2, -0.15) is 0 Å². The maximum absolute atomic E-state index is 6.32. The Morgan fingerprint density at radius 1 is 1.27 bits per heavy atom. The van der Waals surface area contributed by atoms with Gasteiger partial charge in [-0.25, -0.2) is 0 Å². The lowest BCUT2D eigenvalue weighted by Crippen LogP contribution is -2.46. The van der Waals surface area contributed by atoms with E-state index in [1.54, 1.807) is 0 Å². The predicted octanol–water partition coefficient (Wildman–Crippen LogP) is 2.12. The summed E-state index contributed by atoms with van der Waals surface area (Å²) in [7, 11) is 0. The van der Waals surface area contributed by atoms with Gasteiger partial charge in [0.05, 0.1) is 0 Å². The van der Waals surface area contributed by atoms with Crippen molar-refractivity contribution in [1.29, 1.82) is 0 Å². The molecule has 1 saturated carbocycles. The average Bonchev–Trinajstić information content (AvgIpc) is 2.18. The molecule has 2 nitrogen and oxygen atoms in total. The molecule has 0 aromatic heterocycles. The molecule has 0 aliphatic heterocycles. The van der Waals surface area contributed by atoms with E-state index in [0.29, 0.717) is 6.54 Å². The number of nitrogens with two attached hydrogens (primary N) is 2. The summed E-state index contributed by atoms with van der Waals surface area (Å²) < 4.78 is 0. The lowest BCUT2D eigenvalue weighted by atomic mass is 9.63. The van der Waals surface area contributed by atoms with Gasteiger partial charge in [-0.05, 0) is 31.9 Å². The zero-order chi connectivity index (χ0) is 10.9. The Morgan fingerprint density at radius 3 is 2.27 bits per heavy atom. The van der Waals surface area contributed by atoms with E-state index in [4.69, 9.17) is 11.5 Å². The van der Waals surface area contributed by atoms with Crippen molar-refractivity contribution in [2.45, 2.75) is 32.2 Å². The van der Waals surface area contributed by atoms with Crippen molar-refractivity contribution in [2.75, 3.05) is 6.54 Å². The van der Waals surface area contributed by atoms with Crippen LogP contribution in [0.4, 0.5) is 0 Å². The summed E-state index contributed by atoms with van der Waals surface area (Å²) in [4.78, 5) is 0. The number of hydrogen-bond acceptors (Lipinski definition) is 2. The molecule has 0 heterocycles. The highest BCUT2D eigenvalue weighted by molar-refractivity contribution is 5.26. The quantitative estimate of drug-likeness (QED) is 0.792. The first-order chi connectivity index (χ1) is 7.18. The molecule has 1 atom stereocenters. The van der Waals surface area contributed by atoms with Crippen molar-refractivity contribution < 1.29 is 0 Å². The number of rotatable bonds is 3. The predicted molar refractivity (Wildman–Crippen MR) is 63.4 cm³/mol. The molecule has 1 aliphatic carbocycles. The molecule has 0 bridgehead atoms. The summed E-state index contributed by atoms with van der Waals surface area (Å²) in [6.07, 6.45) is 3.63. The molecule has 2 heteroatoms. The molecular formula is C13H20N2. The van der Waals surface area contributed by atoms with E-state index in [1.807, 2.05) is 0 Å². The number of hydrogen-bond donors (Lipinski definition) is 2. The van der Waals surface area contributed by atoms with E-state index in [0.717, 1.165) is 0 Å². The Morgan fingerprint density at radius 2 is 1.87 bits per heavy atom. The Kier molecular flexibility index (Phi) is 2.81. The largest absolute Gasteiger partial charge is 0.330 e. The van der Waals surface area contributed by atoms with Crippen LogP contribution in [0.5, 0.6) is 0 Å². The minimum Gasteiger partial charge on any atom is -0.330 e. The Bertz CT molecular complexity index is 319. The fourth-order valence-electron chi connectivity index (χ4n) is 2.40. The zero-order valence-corrected chi connectivity index (χ0v) is 9.37. The van der Waals surface area contributed by atoms with Crippen LogP contribution < -0.4 is 11.5 Å². The maximum atomic E-state index is 6.32. The van der Waals surface area contributed by atoms with Gasteiger partial charge in [-0.15, -0.1) is 0 Å². The summed E-state index contributed by atoms with van der Waals surface area (Å²) in [6, 6.07) is 8.62. The van der Waals surface area contributed by atoms with Crippen molar-refractivity contribution in [2.24, 2.45) is 16.9 Å². The molecule has 15 heavy (non-hydrogen) atoms. The van der Waals surface area contributed by atoms with E-state index in [-0.39, 0.29) is 11.5 Å². The van der Waals surface area contributed by atoms with Crippen LogP contribution >= 0.6 is 0 Å². The fourth-order valence-corrected chi connectivity index (χ4v) is 2.40. The lowest BCUT2D eigenvalue weighted by molar-refractivity contribution is 0.105. The standard InChI is InChI=1S/C13H20N2/c1-10-3-5-11(6-4-10)12(15)13(9-14)7-2-8-13/h3-6,12H,2,7-9,14-15H2,1H3. The molecule has 0 saturated heterocycles. The third-order valence-electron chi connectivity index (χ3n) is 3.85. The summed E-state index contributed by atoms with van der Waals surface area (Å²) in [6.45, 7) is 2.80. The van der Waals surface area contributed by atoms with Gasteiger partial charge in [0.25, 0.3) is 0 Å². The Labute approximate surface area is 91.7 Å². The second-order valence-electron chi connectivity index (χ2n) is 4.81. The molecule has 0 spiro atoms. The molecule has 1 aliphatic rings. The van der Waals surface area contributed by atoms with E-state index in [2.05, 4.69) is 31.2 Å². The number of benzene rings is 1. The first kappa shape index (κ1) is 10.7. The average molecular weight is 204 g/mol. The first-order valence-corrected chi connectivity index (χ1v) is 5.70. The minimum absolute atomic E-state index is 0.108. The zero-order valence-electron chi connectivity index (χ0n) is 9.37. The van der Waals surface area contributed by atoms with Crippen LogP contribution in [0.2, 0.25) is 0 Å². The van der Waals surface area contributed by atoms with Gasteiger partial charge in [0.2, 0.25) is 0 Å². The highest BCUT2D eigenvalue weighted by Gasteiger charge is 2.41.